The van der Waals surface area contributed by atoms with Gasteiger partial charge >= 0.3 is 0 Å². The minimum Gasteiger partial charge on any atom is -0.493 e. The third kappa shape index (κ3) is 5.68. The minimum atomic E-state index is -0.932. The van der Waals surface area contributed by atoms with Gasteiger partial charge in [-0.15, -0.1) is 0 Å². The lowest BCUT2D eigenvalue weighted by molar-refractivity contribution is -0.130. The molecule has 7 heteroatoms. The van der Waals surface area contributed by atoms with Crippen molar-refractivity contribution in [1.29, 1.82) is 5.26 Å². The van der Waals surface area contributed by atoms with Crippen LogP contribution in [0.4, 0.5) is 8.78 Å². The first-order chi connectivity index (χ1) is 12.9. The Bertz CT molecular complexity index is 850. The monoisotopic (exact) mass is 374 g/mol. The molecule has 1 amide bonds. The van der Waals surface area contributed by atoms with Crippen LogP contribution in [-0.2, 0) is 11.3 Å². The van der Waals surface area contributed by atoms with Crippen LogP contribution < -0.4 is 9.47 Å². The number of nitrogens with zero attached hydrogens (tertiary/aromatic N) is 2. The average Bonchev–Trinajstić information content (AvgIpc) is 2.67. The van der Waals surface area contributed by atoms with Crippen LogP contribution in [0.25, 0.3) is 0 Å². The van der Waals surface area contributed by atoms with E-state index in [4.69, 9.17) is 14.7 Å². The number of hydrogen-bond acceptors (Lipinski definition) is 4. The Kier molecular flexibility index (Phi) is 7.12. The molecule has 0 unspecified atom stereocenters. The molecule has 0 saturated heterocycles. The average molecular weight is 374 g/mol. The number of carbonyl (C=O) groups is 1. The van der Waals surface area contributed by atoms with Crippen LogP contribution in [0.5, 0.6) is 11.5 Å². The molecular formula is C20H20F2N2O3. The molecule has 0 aliphatic rings. The van der Waals surface area contributed by atoms with Crippen molar-refractivity contribution >= 4 is 5.91 Å². The van der Waals surface area contributed by atoms with E-state index in [2.05, 4.69) is 0 Å². The molecule has 0 saturated carbocycles. The molecule has 0 aromatic heterocycles. The molecule has 0 aliphatic heterocycles. The Morgan fingerprint density at radius 1 is 1.15 bits per heavy atom. The Balaban J connectivity index is 1.80. The lowest BCUT2D eigenvalue weighted by Crippen LogP contribution is -2.26. The van der Waals surface area contributed by atoms with Crippen molar-refractivity contribution in [2.45, 2.75) is 19.4 Å². The quantitative estimate of drug-likeness (QED) is 0.662. The fraction of sp³-hybridized carbons (Fsp3) is 0.300. The second kappa shape index (κ2) is 9.53. The predicted octanol–water partition coefficient (Wildman–Crippen LogP) is 3.66. The molecule has 2 aromatic rings. The number of methoxy groups -OCH3 is 1. The number of ether oxygens (including phenoxy) is 2. The molecule has 27 heavy (non-hydrogen) atoms. The predicted molar refractivity (Wildman–Crippen MR) is 95.3 cm³/mol. The maximum absolute atomic E-state index is 13.2. The number of amides is 1. The maximum atomic E-state index is 13.2. The van der Waals surface area contributed by atoms with E-state index < -0.39 is 11.6 Å². The first-order valence-electron chi connectivity index (χ1n) is 8.33. The van der Waals surface area contributed by atoms with E-state index in [9.17, 15) is 13.6 Å². The first kappa shape index (κ1) is 20.2. The number of halogens is 2. The minimum absolute atomic E-state index is 0.130. The van der Waals surface area contributed by atoms with E-state index in [1.807, 2.05) is 6.07 Å². The van der Waals surface area contributed by atoms with Crippen molar-refractivity contribution < 1.29 is 23.0 Å². The fourth-order valence-electron chi connectivity index (χ4n) is 2.45. The zero-order chi connectivity index (χ0) is 19.8. The summed E-state index contributed by atoms with van der Waals surface area (Å²) in [5.74, 6) is -1.02. The molecule has 0 heterocycles. The van der Waals surface area contributed by atoms with E-state index >= 15 is 0 Å². The van der Waals surface area contributed by atoms with Crippen LogP contribution in [-0.4, -0.2) is 31.6 Å². The second-order valence-corrected chi connectivity index (χ2v) is 5.93. The summed E-state index contributed by atoms with van der Waals surface area (Å²) in [5.41, 5.74) is 0.983. The molecular weight excluding hydrogens is 354 g/mol. The SMILES string of the molecule is COc1cc(C#N)ccc1OCCCC(=O)N(C)Cc1ccc(F)c(F)c1. The lowest BCUT2D eigenvalue weighted by Gasteiger charge is -2.17. The number of carbonyl (C=O) groups excluding carboxylic acids is 1. The van der Waals surface area contributed by atoms with Gasteiger partial charge in [0.1, 0.15) is 0 Å². The number of nitriles is 1. The van der Waals surface area contributed by atoms with Crippen molar-refractivity contribution in [3.63, 3.8) is 0 Å². The van der Waals surface area contributed by atoms with Crippen molar-refractivity contribution in [2.75, 3.05) is 20.8 Å². The summed E-state index contributed by atoms with van der Waals surface area (Å²) in [7, 11) is 3.09. The molecule has 0 fully saturated rings. The van der Waals surface area contributed by atoms with Crippen molar-refractivity contribution in [1.82, 2.24) is 4.90 Å². The number of hydrogen-bond donors (Lipinski definition) is 0. The maximum Gasteiger partial charge on any atom is 0.222 e. The summed E-state index contributed by atoms with van der Waals surface area (Å²) in [6.07, 6.45) is 0.725. The van der Waals surface area contributed by atoms with E-state index in [0.29, 0.717) is 35.7 Å². The van der Waals surface area contributed by atoms with Gasteiger partial charge in [-0.25, -0.2) is 8.78 Å². The summed E-state index contributed by atoms with van der Waals surface area (Å²) in [4.78, 5) is 13.6. The normalized spacial score (nSPS) is 10.2. The van der Waals surface area contributed by atoms with Gasteiger partial charge in [0, 0.05) is 26.1 Å². The van der Waals surface area contributed by atoms with Gasteiger partial charge in [0.25, 0.3) is 0 Å². The Morgan fingerprint density at radius 3 is 2.59 bits per heavy atom. The van der Waals surface area contributed by atoms with Crippen LogP contribution in [0.2, 0.25) is 0 Å². The van der Waals surface area contributed by atoms with Crippen molar-refractivity contribution in [3.8, 4) is 17.6 Å². The van der Waals surface area contributed by atoms with Crippen molar-refractivity contribution in [3.05, 3.63) is 59.2 Å². The number of rotatable bonds is 8. The Hall–Kier alpha value is -3.14. The molecule has 0 atom stereocenters. The smallest absolute Gasteiger partial charge is 0.222 e. The van der Waals surface area contributed by atoms with Crippen LogP contribution in [0.1, 0.15) is 24.0 Å². The summed E-state index contributed by atoms with van der Waals surface area (Å²) >= 11 is 0. The van der Waals surface area contributed by atoms with Gasteiger partial charge in [-0.1, -0.05) is 6.07 Å². The standard InChI is InChI=1S/C20H20F2N2O3/c1-24(13-15-5-7-16(21)17(22)10-15)20(25)4-3-9-27-18-8-6-14(12-23)11-19(18)26-2/h5-8,10-11H,3-4,9,13H2,1-2H3. The third-order valence-corrected chi connectivity index (χ3v) is 3.91. The highest BCUT2D eigenvalue weighted by Crippen LogP contribution is 2.28. The van der Waals surface area contributed by atoms with E-state index in [-0.39, 0.29) is 18.9 Å². The summed E-state index contributed by atoms with van der Waals surface area (Å²) < 4.78 is 37.0. The summed E-state index contributed by atoms with van der Waals surface area (Å²) in [6.45, 7) is 0.493. The topological polar surface area (TPSA) is 62.6 Å². The second-order valence-electron chi connectivity index (χ2n) is 5.93. The molecule has 142 valence electrons. The molecule has 0 bridgehead atoms. The van der Waals surface area contributed by atoms with Crippen LogP contribution in [0, 0.1) is 23.0 Å². The molecule has 2 aromatic carbocycles. The van der Waals surface area contributed by atoms with E-state index in [0.717, 1.165) is 12.1 Å². The highest BCUT2D eigenvalue weighted by atomic mass is 19.2. The molecule has 0 spiro atoms. The zero-order valence-electron chi connectivity index (χ0n) is 15.2. The van der Waals surface area contributed by atoms with Crippen LogP contribution in [0.3, 0.4) is 0 Å². The molecule has 0 aliphatic carbocycles. The molecule has 5 nitrogen and oxygen atoms in total. The van der Waals surface area contributed by atoms with Gasteiger partial charge in [0.05, 0.1) is 25.3 Å². The lowest BCUT2D eigenvalue weighted by atomic mass is 10.2. The molecule has 0 N–H and O–H groups in total. The van der Waals surface area contributed by atoms with Crippen LogP contribution >= 0.6 is 0 Å². The largest absolute Gasteiger partial charge is 0.493 e. The number of benzene rings is 2. The van der Waals surface area contributed by atoms with Gasteiger partial charge in [-0.05, 0) is 36.2 Å². The molecule has 2 rings (SSSR count). The van der Waals surface area contributed by atoms with Gasteiger partial charge in [0.2, 0.25) is 5.91 Å². The van der Waals surface area contributed by atoms with Gasteiger partial charge in [-0.2, -0.15) is 5.26 Å². The Morgan fingerprint density at radius 2 is 1.93 bits per heavy atom. The summed E-state index contributed by atoms with van der Waals surface area (Å²) in [5, 5.41) is 8.88. The Labute approximate surface area is 156 Å². The van der Waals surface area contributed by atoms with Gasteiger partial charge in [-0.3, -0.25) is 4.79 Å². The van der Waals surface area contributed by atoms with Crippen LogP contribution in [0.15, 0.2) is 36.4 Å². The third-order valence-electron chi connectivity index (χ3n) is 3.91. The van der Waals surface area contributed by atoms with Gasteiger partial charge < -0.3 is 14.4 Å². The highest BCUT2D eigenvalue weighted by Gasteiger charge is 2.11. The van der Waals surface area contributed by atoms with E-state index in [1.165, 1.54) is 18.1 Å². The van der Waals surface area contributed by atoms with Gasteiger partial charge in [0.15, 0.2) is 23.1 Å². The summed E-state index contributed by atoms with van der Waals surface area (Å²) in [6, 6.07) is 10.4. The van der Waals surface area contributed by atoms with Crippen molar-refractivity contribution in [2.24, 2.45) is 0 Å². The zero-order valence-corrected chi connectivity index (χ0v) is 15.2. The highest BCUT2D eigenvalue weighted by molar-refractivity contribution is 5.75. The fourth-order valence-corrected chi connectivity index (χ4v) is 2.45. The van der Waals surface area contributed by atoms with E-state index in [1.54, 1.807) is 25.2 Å². The first-order valence-corrected chi connectivity index (χ1v) is 8.33. The molecule has 0 radical (unpaired) electrons.